The van der Waals surface area contributed by atoms with Gasteiger partial charge in [0.15, 0.2) is 0 Å². The van der Waals surface area contributed by atoms with Crippen LogP contribution in [0.4, 0.5) is 10.1 Å². The Balaban J connectivity index is 1.51. The molecule has 0 aromatic heterocycles. The second-order valence-electron chi connectivity index (χ2n) is 10.9. The van der Waals surface area contributed by atoms with Crippen molar-refractivity contribution in [3.8, 4) is 0 Å². The minimum Gasteiger partial charge on any atom is -0.359 e. The van der Waals surface area contributed by atoms with Gasteiger partial charge in [-0.15, -0.1) is 0 Å². The summed E-state index contributed by atoms with van der Waals surface area (Å²) in [5.74, 6) is -3.55. The second kappa shape index (κ2) is 8.55. The maximum absolute atomic E-state index is 14.2. The molecule has 5 atom stereocenters. The number of hydrogen-bond donors (Lipinski definition) is 2. The van der Waals surface area contributed by atoms with Crippen LogP contribution in [-0.2, 0) is 25.7 Å². The number of amides is 3. The summed E-state index contributed by atoms with van der Waals surface area (Å²) in [6, 6.07) is 12.7. The van der Waals surface area contributed by atoms with Crippen molar-refractivity contribution >= 4 is 23.4 Å². The normalized spacial score (nSPS) is 28.4. The molecular formula is C28H30FN3O4. The fraction of sp³-hybridized carbons (Fsp3) is 0.393. The molecule has 0 aliphatic carbocycles. The van der Waals surface area contributed by atoms with Gasteiger partial charge in [0.05, 0.1) is 23.6 Å². The lowest BCUT2D eigenvalue weighted by Gasteiger charge is -2.34. The number of hydrogen-bond acceptors (Lipinski definition) is 4. The molecule has 0 radical (unpaired) electrons. The maximum atomic E-state index is 14.2. The van der Waals surface area contributed by atoms with Crippen LogP contribution in [0, 0.1) is 24.6 Å². The van der Waals surface area contributed by atoms with Gasteiger partial charge >= 0.3 is 0 Å². The van der Waals surface area contributed by atoms with Crippen LogP contribution in [-0.4, -0.2) is 45.9 Å². The number of benzene rings is 2. The molecular weight excluding hydrogens is 461 g/mol. The van der Waals surface area contributed by atoms with E-state index < -0.39 is 46.8 Å². The average Bonchev–Trinajstić information content (AvgIpc) is 3.43. The summed E-state index contributed by atoms with van der Waals surface area (Å²) in [6.45, 7) is 7.78. The Hall–Kier alpha value is -3.52. The van der Waals surface area contributed by atoms with Crippen molar-refractivity contribution in [1.82, 2.24) is 10.2 Å². The Morgan fingerprint density at radius 1 is 1.08 bits per heavy atom. The number of carbonyl (C=O) groups excluding carboxylic acids is 3. The molecule has 5 rings (SSSR count). The standard InChI is InChI=1S/C28H30FN3O4/c1-16-9-11-17(12-10-16)15-32-23(25(34)31-27(2,3)4)28-14-13-20(36-28)21(22(28)26(32)35)24(33)30-19-8-6-5-7-18(19)29/h5-14,20-23H,15H2,1-4H3,(H,30,33)(H,31,34)/t20-,21+,22+,23-,28+/m1/s1. The van der Waals surface area contributed by atoms with Crippen LogP contribution < -0.4 is 10.6 Å². The molecule has 0 unspecified atom stereocenters. The van der Waals surface area contributed by atoms with Gasteiger partial charge in [0.2, 0.25) is 17.7 Å². The summed E-state index contributed by atoms with van der Waals surface area (Å²) in [7, 11) is 0. The highest BCUT2D eigenvalue weighted by atomic mass is 19.1. The van der Waals surface area contributed by atoms with E-state index in [1.54, 1.807) is 18.2 Å². The summed E-state index contributed by atoms with van der Waals surface area (Å²) in [5.41, 5.74) is 0.168. The molecule has 3 amide bonds. The van der Waals surface area contributed by atoms with E-state index >= 15 is 0 Å². The summed E-state index contributed by atoms with van der Waals surface area (Å²) in [4.78, 5) is 42.5. The van der Waals surface area contributed by atoms with Crippen LogP contribution in [0.25, 0.3) is 0 Å². The molecule has 2 N–H and O–H groups in total. The first kappa shape index (κ1) is 24.2. The predicted octanol–water partition coefficient (Wildman–Crippen LogP) is 3.34. The van der Waals surface area contributed by atoms with E-state index in [2.05, 4.69) is 10.6 Å². The summed E-state index contributed by atoms with van der Waals surface area (Å²) in [5, 5.41) is 5.61. The highest BCUT2D eigenvalue weighted by molar-refractivity contribution is 6.02. The lowest BCUT2D eigenvalue weighted by atomic mass is 9.74. The van der Waals surface area contributed by atoms with Crippen LogP contribution in [0.15, 0.2) is 60.7 Å². The van der Waals surface area contributed by atoms with Crippen molar-refractivity contribution in [2.45, 2.75) is 57.5 Å². The third-order valence-electron chi connectivity index (χ3n) is 7.03. The molecule has 36 heavy (non-hydrogen) atoms. The average molecular weight is 492 g/mol. The molecule has 2 saturated heterocycles. The number of halogens is 1. The van der Waals surface area contributed by atoms with E-state index in [0.29, 0.717) is 0 Å². The molecule has 2 bridgehead atoms. The first-order valence-electron chi connectivity index (χ1n) is 12.1. The number of para-hydroxylation sites is 1. The fourth-order valence-electron chi connectivity index (χ4n) is 5.54. The lowest BCUT2D eigenvalue weighted by molar-refractivity contribution is -0.142. The molecule has 2 aromatic rings. The van der Waals surface area contributed by atoms with Crippen LogP contribution in [0.2, 0.25) is 0 Å². The van der Waals surface area contributed by atoms with Crippen LogP contribution in [0.3, 0.4) is 0 Å². The highest BCUT2D eigenvalue weighted by Crippen LogP contribution is 2.55. The van der Waals surface area contributed by atoms with Crippen molar-refractivity contribution < 1.29 is 23.5 Å². The quantitative estimate of drug-likeness (QED) is 0.628. The Labute approximate surface area is 209 Å². The Morgan fingerprint density at radius 2 is 1.78 bits per heavy atom. The van der Waals surface area contributed by atoms with E-state index in [1.807, 2.05) is 52.0 Å². The van der Waals surface area contributed by atoms with Crippen molar-refractivity contribution in [3.63, 3.8) is 0 Å². The fourth-order valence-corrected chi connectivity index (χ4v) is 5.54. The van der Waals surface area contributed by atoms with Crippen molar-refractivity contribution in [2.75, 3.05) is 5.32 Å². The minimum absolute atomic E-state index is 0.0345. The van der Waals surface area contributed by atoms with Crippen molar-refractivity contribution in [3.05, 3.63) is 77.6 Å². The van der Waals surface area contributed by atoms with E-state index in [-0.39, 0.29) is 24.0 Å². The first-order chi connectivity index (χ1) is 17.0. The monoisotopic (exact) mass is 491 g/mol. The number of fused-ring (bicyclic) bond motifs is 1. The van der Waals surface area contributed by atoms with Crippen LogP contribution in [0.1, 0.15) is 31.9 Å². The molecule has 3 aliphatic rings. The smallest absolute Gasteiger partial charge is 0.246 e. The molecule has 1 spiro atoms. The Bertz CT molecular complexity index is 1250. The number of rotatable bonds is 5. The van der Waals surface area contributed by atoms with Gasteiger partial charge < -0.3 is 20.3 Å². The SMILES string of the molecule is Cc1ccc(CN2C(=O)[C@@H]3[C@@H](C(=O)Nc4ccccc4F)[C@H]4C=C[C@@]3(O4)[C@H]2C(=O)NC(C)(C)C)cc1. The van der Waals surface area contributed by atoms with E-state index in [1.165, 1.54) is 23.1 Å². The van der Waals surface area contributed by atoms with E-state index in [0.717, 1.165) is 11.1 Å². The van der Waals surface area contributed by atoms with Gasteiger partial charge in [-0.3, -0.25) is 14.4 Å². The number of likely N-dealkylation sites (tertiary alicyclic amines) is 1. The van der Waals surface area contributed by atoms with Gasteiger partial charge in [-0.05, 0) is 45.4 Å². The summed E-state index contributed by atoms with van der Waals surface area (Å²) < 4.78 is 20.5. The first-order valence-corrected chi connectivity index (χ1v) is 12.1. The number of carbonyl (C=O) groups is 3. The zero-order valence-corrected chi connectivity index (χ0v) is 20.7. The van der Waals surface area contributed by atoms with Gasteiger partial charge in [-0.25, -0.2) is 4.39 Å². The summed E-state index contributed by atoms with van der Waals surface area (Å²) in [6.07, 6.45) is 2.81. The van der Waals surface area contributed by atoms with E-state index in [4.69, 9.17) is 4.74 Å². The molecule has 2 aromatic carbocycles. The zero-order valence-electron chi connectivity index (χ0n) is 20.7. The topological polar surface area (TPSA) is 87.7 Å². The lowest BCUT2D eigenvalue weighted by Crippen LogP contribution is -2.57. The zero-order chi connectivity index (χ0) is 25.8. The molecule has 8 heteroatoms. The number of ether oxygens (including phenoxy) is 1. The van der Waals surface area contributed by atoms with Crippen LogP contribution >= 0.6 is 0 Å². The highest BCUT2D eigenvalue weighted by Gasteiger charge is 2.72. The predicted molar refractivity (Wildman–Crippen MR) is 132 cm³/mol. The van der Waals surface area contributed by atoms with Gasteiger partial charge in [-0.1, -0.05) is 54.1 Å². The molecule has 7 nitrogen and oxygen atoms in total. The second-order valence-corrected chi connectivity index (χ2v) is 10.9. The van der Waals surface area contributed by atoms with Gasteiger partial charge in [0, 0.05) is 12.1 Å². The number of aryl methyl sites for hydroxylation is 1. The molecule has 188 valence electrons. The largest absolute Gasteiger partial charge is 0.359 e. The molecule has 2 fully saturated rings. The van der Waals surface area contributed by atoms with Gasteiger partial charge in [-0.2, -0.15) is 0 Å². The van der Waals surface area contributed by atoms with E-state index in [9.17, 15) is 18.8 Å². The number of anilines is 1. The third-order valence-corrected chi connectivity index (χ3v) is 7.03. The minimum atomic E-state index is -1.28. The number of nitrogens with zero attached hydrogens (tertiary/aromatic N) is 1. The van der Waals surface area contributed by atoms with Gasteiger partial charge in [0.25, 0.3) is 0 Å². The van der Waals surface area contributed by atoms with Crippen molar-refractivity contribution in [2.24, 2.45) is 11.8 Å². The number of nitrogens with one attached hydrogen (secondary N) is 2. The Morgan fingerprint density at radius 3 is 2.44 bits per heavy atom. The summed E-state index contributed by atoms with van der Waals surface area (Å²) >= 11 is 0. The molecule has 3 aliphatic heterocycles. The maximum Gasteiger partial charge on any atom is 0.246 e. The van der Waals surface area contributed by atoms with Crippen LogP contribution in [0.5, 0.6) is 0 Å². The van der Waals surface area contributed by atoms with Crippen molar-refractivity contribution in [1.29, 1.82) is 0 Å². The molecule has 3 heterocycles. The van der Waals surface area contributed by atoms with Gasteiger partial charge in [0.1, 0.15) is 17.5 Å². The Kier molecular flexibility index (Phi) is 5.75. The molecule has 0 saturated carbocycles. The third kappa shape index (κ3) is 3.99.